The lowest BCUT2D eigenvalue weighted by Crippen LogP contribution is -2.36. The molecule has 0 saturated carbocycles. The van der Waals surface area contributed by atoms with Crippen LogP contribution in [0.3, 0.4) is 0 Å². The van der Waals surface area contributed by atoms with Crippen molar-refractivity contribution in [2.45, 2.75) is 19.9 Å². The number of fused-ring (bicyclic) bond motifs is 1. The van der Waals surface area contributed by atoms with Crippen LogP contribution in [0, 0.1) is 31.5 Å². The molecule has 2 aromatic heterocycles. The van der Waals surface area contributed by atoms with E-state index in [2.05, 4.69) is 32.8 Å². The summed E-state index contributed by atoms with van der Waals surface area (Å²) < 4.78 is 14.1. The first-order chi connectivity index (χ1) is 14.5. The van der Waals surface area contributed by atoms with E-state index >= 15 is 0 Å². The highest BCUT2D eigenvalue weighted by molar-refractivity contribution is 5.92. The van der Waals surface area contributed by atoms with Gasteiger partial charge < -0.3 is 14.8 Å². The number of carbonyl (C=O) groups is 1. The Morgan fingerprint density at radius 3 is 2.73 bits per heavy atom. The fraction of sp³-hybridized carbons (Fsp3) is 0.348. The lowest BCUT2D eigenvalue weighted by Gasteiger charge is -2.30. The predicted molar refractivity (Wildman–Crippen MR) is 112 cm³/mol. The number of carbonyl (C=O) groups excluding carboxylic acids is 1. The van der Waals surface area contributed by atoms with Crippen LogP contribution in [-0.2, 0) is 0 Å². The van der Waals surface area contributed by atoms with E-state index in [4.69, 9.17) is 0 Å². The highest BCUT2D eigenvalue weighted by Gasteiger charge is 2.50. The maximum absolute atomic E-state index is 14.1. The normalized spacial score (nSPS) is 23.1. The van der Waals surface area contributed by atoms with Crippen LogP contribution in [0.4, 0.5) is 10.2 Å². The summed E-state index contributed by atoms with van der Waals surface area (Å²) in [5.41, 5.74) is 2.46. The molecule has 1 N–H and O–H groups in total. The number of halogens is 1. The summed E-state index contributed by atoms with van der Waals surface area (Å²) in [6.45, 7) is 6.14. The minimum absolute atomic E-state index is 0.0835. The summed E-state index contributed by atoms with van der Waals surface area (Å²) in [6.07, 6.45) is 3.40. The number of imidazole rings is 1. The second kappa shape index (κ2) is 7.23. The summed E-state index contributed by atoms with van der Waals surface area (Å²) in [5, 5.41) is 0. The van der Waals surface area contributed by atoms with Crippen molar-refractivity contribution in [3.05, 3.63) is 77.3 Å². The predicted octanol–water partition coefficient (Wildman–Crippen LogP) is 3.51. The van der Waals surface area contributed by atoms with Gasteiger partial charge in [0.2, 0.25) is 0 Å². The zero-order chi connectivity index (χ0) is 20.8. The average Bonchev–Trinajstić information content (AvgIpc) is 3.41. The summed E-state index contributed by atoms with van der Waals surface area (Å²) in [5.74, 6) is 1.84. The molecule has 154 valence electrons. The number of hydrogen-bond acceptors (Lipinski definition) is 4. The van der Waals surface area contributed by atoms with E-state index < -0.39 is 0 Å². The van der Waals surface area contributed by atoms with Crippen LogP contribution in [0.2, 0.25) is 0 Å². The van der Waals surface area contributed by atoms with Crippen molar-refractivity contribution in [3.8, 4) is 0 Å². The molecule has 0 aliphatic carbocycles. The van der Waals surface area contributed by atoms with E-state index in [0.717, 1.165) is 30.0 Å². The van der Waals surface area contributed by atoms with Gasteiger partial charge in [-0.3, -0.25) is 4.79 Å². The molecule has 1 aromatic carbocycles. The number of aryl methyl sites for hydroxylation is 2. The first-order valence-corrected chi connectivity index (χ1v) is 10.3. The molecule has 7 heteroatoms. The van der Waals surface area contributed by atoms with Crippen LogP contribution in [0.1, 0.15) is 33.5 Å². The molecule has 3 aromatic rings. The number of benzene rings is 1. The third-order valence-electron chi connectivity index (χ3n) is 6.33. The zero-order valence-corrected chi connectivity index (χ0v) is 17.0. The van der Waals surface area contributed by atoms with Crippen molar-refractivity contribution in [1.29, 1.82) is 0 Å². The van der Waals surface area contributed by atoms with E-state index in [9.17, 15) is 9.18 Å². The van der Waals surface area contributed by atoms with E-state index in [1.54, 1.807) is 18.3 Å². The van der Waals surface area contributed by atoms with Crippen molar-refractivity contribution >= 4 is 11.7 Å². The largest absolute Gasteiger partial charge is 0.356 e. The Balaban J connectivity index is 1.49. The summed E-state index contributed by atoms with van der Waals surface area (Å²) in [4.78, 5) is 29.3. The lowest BCUT2D eigenvalue weighted by molar-refractivity contribution is 0.0709. The molecule has 6 nitrogen and oxygen atoms in total. The minimum Gasteiger partial charge on any atom is -0.356 e. The van der Waals surface area contributed by atoms with Crippen LogP contribution in [0.5, 0.6) is 0 Å². The number of hydrogen-bond donors (Lipinski definition) is 1. The van der Waals surface area contributed by atoms with Gasteiger partial charge in [0.05, 0.1) is 12.2 Å². The van der Waals surface area contributed by atoms with Crippen LogP contribution in [0.25, 0.3) is 0 Å². The van der Waals surface area contributed by atoms with Crippen molar-refractivity contribution in [1.82, 2.24) is 19.9 Å². The quantitative estimate of drug-likeness (QED) is 0.724. The standard InChI is InChI=1S/C23H24FN5O/c1-14-5-4-8-25-22(14)28-11-17-12-29(23(30)20-10-26-15(2)27-20)21(19(17)13-28)16-6-3-7-18(24)9-16/h3-10,17,19,21H,11-13H2,1-2H3,(H,26,27)/t17-,19-,21+/m0/s1. The maximum Gasteiger partial charge on any atom is 0.272 e. The van der Waals surface area contributed by atoms with E-state index in [0.29, 0.717) is 24.0 Å². The summed E-state index contributed by atoms with van der Waals surface area (Å²) in [7, 11) is 0. The number of nitrogens with zero attached hydrogens (tertiary/aromatic N) is 4. The number of anilines is 1. The number of aromatic amines is 1. The van der Waals surface area contributed by atoms with Gasteiger partial charge in [-0.05, 0) is 43.2 Å². The molecule has 3 atom stereocenters. The van der Waals surface area contributed by atoms with Gasteiger partial charge in [0.1, 0.15) is 23.2 Å². The molecule has 2 aliphatic heterocycles. The van der Waals surface area contributed by atoms with Crippen LogP contribution in [0.15, 0.2) is 48.8 Å². The fourth-order valence-electron chi connectivity index (χ4n) is 5.04. The second-order valence-electron chi connectivity index (χ2n) is 8.31. The second-order valence-corrected chi connectivity index (χ2v) is 8.31. The molecular formula is C23H24FN5O. The summed E-state index contributed by atoms with van der Waals surface area (Å²) >= 11 is 0. The Morgan fingerprint density at radius 1 is 1.13 bits per heavy atom. The summed E-state index contributed by atoms with van der Waals surface area (Å²) in [6, 6.07) is 10.5. The molecule has 5 rings (SSSR count). The van der Waals surface area contributed by atoms with Crippen molar-refractivity contribution in [2.24, 2.45) is 11.8 Å². The first-order valence-electron chi connectivity index (χ1n) is 10.3. The number of aromatic nitrogens is 3. The van der Waals surface area contributed by atoms with Gasteiger partial charge in [-0.1, -0.05) is 18.2 Å². The van der Waals surface area contributed by atoms with E-state index in [1.165, 1.54) is 6.07 Å². The van der Waals surface area contributed by atoms with Crippen LogP contribution >= 0.6 is 0 Å². The highest BCUT2D eigenvalue weighted by Crippen LogP contribution is 2.46. The van der Waals surface area contributed by atoms with Crippen molar-refractivity contribution < 1.29 is 9.18 Å². The molecule has 2 saturated heterocycles. The molecule has 30 heavy (non-hydrogen) atoms. The first kappa shape index (κ1) is 18.8. The number of nitrogens with one attached hydrogen (secondary N) is 1. The molecule has 0 radical (unpaired) electrons. The smallest absolute Gasteiger partial charge is 0.272 e. The SMILES string of the molecule is Cc1ncc(C(=O)N2C[C@@H]3CN(c4ncccc4C)C[C@@H]3[C@H]2c2cccc(F)c2)[nH]1. The lowest BCUT2D eigenvalue weighted by atomic mass is 9.89. The van der Waals surface area contributed by atoms with E-state index in [-0.39, 0.29) is 23.7 Å². The van der Waals surface area contributed by atoms with Crippen LogP contribution in [-0.4, -0.2) is 45.4 Å². The minimum atomic E-state index is -0.281. The molecule has 0 spiro atoms. The monoisotopic (exact) mass is 405 g/mol. The molecule has 0 bridgehead atoms. The number of rotatable bonds is 3. The molecule has 2 aliphatic rings. The van der Waals surface area contributed by atoms with Gasteiger partial charge in [-0.25, -0.2) is 14.4 Å². The van der Waals surface area contributed by atoms with Gasteiger partial charge in [0.25, 0.3) is 5.91 Å². The van der Waals surface area contributed by atoms with Crippen molar-refractivity contribution in [2.75, 3.05) is 24.5 Å². The Labute approximate surface area is 174 Å². The molecule has 2 fully saturated rings. The van der Waals surface area contributed by atoms with Gasteiger partial charge >= 0.3 is 0 Å². The Kier molecular flexibility index (Phi) is 4.53. The molecule has 0 unspecified atom stereocenters. The molecular weight excluding hydrogens is 381 g/mol. The third-order valence-corrected chi connectivity index (χ3v) is 6.33. The third kappa shape index (κ3) is 3.14. The van der Waals surface area contributed by atoms with Gasteiger partial charge in [0, 0.05) is 37.7 Å². The average molecular weight is 405 g/mol. The van der Waals surface area contributed by atoms with Gasteiger partial charge in [-0.2, -0.15) is 0 Å². The Morgan fingerprint density at radius 2 is 2.00 bits per heavy atom. The number of H-pyrrole nitrogens is 1. The van der Waals surface area contributed by atoms with Gasteiger partial charge in [0.15, 0.2) is 0 Å². The Bertz CT molecular complexity index is 1100. The fourth-order valence-corrected chi connectivity index (χ4v) is 5.04. The number of likely N-dealkylation sites (tertiary alicyclic amines) is 1. The van der Waals surface area contributed by atoms with E-state index in [1.807, 2.05) is 30.2 Å². The highest BCUT2D eigenvalue weighted by atomic mass is 19.1. The topological polar surface area (TPSA) is 65.1 Å². The Hall–Kier alpha value is -3.22. The van der Waals surface area contributed by atoms with Crippen molar-refractivity contribution in [3.63, 3.8) is 0 Å². The molecule has 4 heterocycles. The van der Waals surface area contributed by atoms with Crippen LogP contribution < -0.4 is 4.90 Å². The molecule has 1 amide bonds. The number of pyridine rings is 1. The number of amides is 1. The van der Waals surface area contributed by atoms with Gasteiger partial charge in [-0.15, -0.1) is 0 Å². The maximum atomic E-state index is 14.1. The zero-order valence-electron chi connectivity index (χ0n) is 17.0.